The summed E-state index contributed by atoms with van der Waals surface area (Å²) >= 11 is 0. The number of anilines is 1. The zero-order chi connectivity index (χ0) is 21.3. The third kappa shape index (κ3) is 3.93. The van der Waals surface area contributed by atoms with Gasteiger partial charge in [0.1, 0.15) is 18.8 Å². The molecular weight excluding hydrogens is 397 g/mol. The standard InChI is InChI=1S/C21H23F3N4O2/c22-11-14(23)19(24)30-16-2-1-13(20(25)29)18(17(16)15-3-8-26-12-27-15)28-9-6-21(4-5-21)7-10-28/h1-3,8,12,14,19H,4-7,9-11H2,(H2,25,29). The zero-order valence-corrected chi connectivity index (χ0v) is 16.4. The van der Waals surface area contributed by atoms with Crippen LogP contribution in [0.15, 0.2) is 30.7 Å². The van der Waals surface area contributed by atoms with Gasteiger partial charge >= 0.3 is 0 Å². The summed E-state index contributed by atoms with van der Waals surface area (Å²) in [6.07, 6.45) is 2.23. The van der Waals surface area contributed by atoms with E-state index >= 15 is 0 Å². The van der Waals surface area contributed by atoms with Crippen LogP contribution >= 0.6 is 0 Å². The first-order chi connectivity index (χ1) is 14.4. The highest BCUT2D eigenvalue weighted by Gasteiger charge is 2.45. The van der Waals surface area contributed by atoms with E-state index in [9.17, 15) is 18.0 Å². The van der Waals surface area contributed by atoms with E-state index in [1.165, 1.54) is 37.5 Å². The Morgan fingerprint density at radius 1 is 1.20 bits per heavy atom. The summed E-state index contributed by atoms with van der Waals surface area (Å²) in [6, 6.07) is 4.34. The van der Waals surface area contributed by atoms with Gasteiger partial charge in [-0.05, 0) is 49.3 Å². The molecule has 2 fully saturated rings. The fourth-order valence-corrected chi connectivity index (χ4v) is 4.03. The van der Waals surface area contributed by atoms with Crippen LogP contribution in [-0.2, 0) is 0 Å². The van der Waals surface area contributed by atoms with Gasteiger partial charge in [0.2, 0.25) is 0 Å². The lowest BCUT2D eigenvalue weighted by Gasteiger charge is -2.36. The normalized spacial score (nSPS) is 19.4. The molecule has 1 spiro atoms. The maximum absolute atomic E-state index is 14.1. The van der Waals surface area contributed by atoms with Gasteiger partial charge in [0.15, 0.2) is 6.17 Å². The number of rotatable bonds is 7. The number of nitrogens with zero attached hydrogens (tertiary/aromatic N) is 3. The van der Waals surface area contributed by atoms with Crippen molar-refractivity contribution < 1.29 is 22.7 Å². The SMILES string of the molecule is NC(=O)c1ccc(OC(F)C(F)CF)c(-c2ccncn2)c1N1CCC2(CC1)CC2. The number of ether oxygens (including phenoxy) is 1. The number of primary amides is 1. The number of halogens is 3. The Morgan fingerprint density at radius 2 is 1.93 bits per heavy atom. The van der Waals surface area contributed by atoms with Crippen molar-refractivity contribution in [2.75, 3.05) is 24.7 Å². The lowest BCUT2D eigenvalue weighted by molar-refractivity contribution is -0.0144. The number of piperidine rings is 1. The number of benzene rings is 1. The zero-order valence-electron chi connectivity index (χ0n) is 16.4. The van der Waals surface area contributed by atoms with E-state index in [0.29, 0.717) is 35.4 Å². The molecule has 1 saturated heterocycles. The Morgan fingerprint density at radius 3 is 2.50 bits per heavy atom. The molecule has 160 valence electrons. The molecule has 0 radical (unpaired) electrons. The van der Waals surface area contributed by atoms with Crippen LogP contribution in [0.3, 0.4) is 0 Å². The molecule has 2 aliphatic rings. The Hall–Kier alpha value is -2.84. The molecule has 1 aliphatic heterocycles. The molecule has 1 aliphatic carbocycles. The van der Waals surface area contributed by atoms with Crippen LogP contribution in [0, 0.1) is 5.41 Å². The molecule has 1 saturated carbocycles. The van der Waals surface area contributed by atoms with E-state index in [1.807, 2.05) is 4.90 Å². The first kappa shape index (κ1) is 20.4. The third-order valence-corrected chi connectivity index (χ3v) is 6.01. The quantitative estimate of drug-likeness (QED) is 0.740. The number of carbonyl (C=O) groups excluding carboxylic acids is 1. The lowest BCUT2D eigenvalue weighted by atomic mass is 9.91. The fourth-order valence-electron chi connectivity index (χ4n) is 4.03. The molecule has 2 heterocycles. The van der Waals surface area contributed by atoms with E-state index in [4.69, 9.17) is 10.5 Å². The van der Waals surface area contributed by atoms with Crippen molar-refractivity contribution in [3.8, 4) is 17.0 Å². The predicted molar refractivity (Wildman–Crippen MR) is 105 cm³/mol. The summed E-state index contributed by atoms with van der Waals surface area (Å²) in [5.41, 5.74) is 7.41. The number of hydrogen-bond acceptors (Lipinski definition) is 5. The van der Waals surface area contributed by atoms with Gasteiger partial charge in [-0.2, -0.15) is 4.39 Å². The van der Waals surface area contributed by atoms with E-state index in [2.05, 4.69) is 9.97 Å². The number of amides is 1. The summed E-state index contributed by atoms with van der Waals surface area (Å²) in [6.45, 7) is -0.126. The van der Waals surface area contributed by atoms with Crippen LogP contribution in [0.5, 0.6) is 5.75 Å². The highest BCUT2D eigenvalue weighted by atomic mass is 19.2. The molecule has 0 bridgehead atoms. The summed E-state index contributed by atoms with van der Waals surface area (Å²) < 4.78 is 45.4. The van der Waals surface area contributed by atoms with Crippen molar-refractivity contribution in [2.24, 2.45) is 11.1 Å². The second-order valence-electron chi connectivity index (χ2n) is 7.92. The second-order valence-corrected chi connectivity index (χ2v) is 7.92. The van der Waals surface area contributed by atoms with E-state index in [-0.39, 0.29) is 11.3 Å². The second kappa shape index (κ2) is 8.12. The van der Waals surface area contributed by atoms with Crippen LogP contribution in [0.1, 0.15) is 36.0 Å². The van der Waals surface area contributed by atoms with Crippen molar-refractivity contribution >= 4 is 11.6 Å². The predicted octanol–water partition coefficient (Wildman–Crippen LogP) is 3.60. The van der Waals surface area contributed by atoms with Crippen LogP contribution in [-0.4, -0.2) is 48.2 Å². The first-order valence-corrected chi connectivity index (χ1v) is 9.93. The highest BCUT2D eigenvalue weighted by molar-refractivity contribution is 6.03. The van der Waals surface area contributed by atoms with E-state index in [0.717, 1.165) is 12.8 Å². The van der Waals surface area contributed by atoms with Crippen LogP contribution in [0.4, 0.5) is 18.9 Å². The minimum absolute atomic E-state index is 0.0380. The topological polar surface area (TPSA) is 81.3 Å². The van der Waals surface area contributed by atoms with Gasteiger partial charge in [-0.25, -0.2) is 18.7 Å². The molecule has 2 atom stereocenters. The van der Waals surface area contributed by atoms with Crippen molar-refractivity contribution in [2.45, 2.75) is 38.2 Å². The molecule has 1 aromatic heterocycles. The number of aromatic nitrogens is 2. The summed E-state index contributed by atoms with van der Waals surface area (Å²) in [4.78, 5) is 22.3. The molecule has 1 amide bonds. The molecule has 9 heteroatoms. The molecule has 2 aromatic rings. The van der Waals surface area contributed by atoms with Crippen LogP contribution in [0.25, 0.3) is 11.3 Å². The van der Waals surface area contributed by atoms with Gasteiger partial charge in [0.25, 0.3) is 12.3 Å². The fraction of sp³-hybridized carbons (Fsp3) is 0.476. The van der Waals surface area contributed by atoms with Gasteiger partial charge in [0.05, 0.1) is 22.5 Å². The Bertz CT molecular complexity index is 914. The van der Waals surface area contributed by atoms with Crippen LogP contribution in [0.2, 0.25) is 0 Å². The molecule has 2 unspecified atom stereocenters. The number of nitrogens with two attached hydrogens (primary N) is 1. The van der Waals surface area contributed by atoms with E-state index in [1.54, 1.807) is 6.07 Å². The molecule has 1 aromatic carbocycles. The Balaban J connectivity index is 1.82. The monoisotopic (exact) mass is 420 g/mol. The maximum atomic E-state index is 14.1. The summed E-state index contributed by atoms with van der Waals surface area (Å²) in [5.74, 6) is -0.688. The maximum Gasteiger partial charge on any atom is 0.271 e. The molecule has 6 nitrogen and oxygen atoms in total. The first-order valence-electron chi connectivity index (χ1n) is 9.93. The number of carbonyl (C=O) groups is 1. The average molecular weight is 420 g/mol. The number of hydrogen-bond donors (Lipinski definition) is 1. The summed E-state index contributed by atoms with van der Waals surface area (Å²) in [7, 11) is 0. The molecule has 4 rings (SSSR count). The number of alkyl halides is 3. The third-order valence-electron chi connectivity index (χ3n) is 6.01. The molecule has 30 heavy (non-hydrogen) atoms. The minimum Gasteiger partial charge on any atom is -0.456 e. The van der Waals surface area contributed by atoms with Gasteiger partial charge in [-0.3, -0.25) is 4.79 Å². The molecule has 2 N–H and O–H groups in total. The lowest BCUT2D eigenvalue weighted by Crippen LogP contribution is -2.36. The average Bonchev–Trinajstić information content (AvgIpc) is 3.52. The van der Waals surface area contributed by atoms with Crippen molar-refractivity contribution in [3.63, 3.8) is 0 Å². The largest absolute Gasteiger partial charge is 0.456 e. The van der Waals surface area contributed by atoms with Crippen molar-refractivity contribution in [1.29, 1.82) is 0 Å². The van der Waals surface area contributed by atoms with Gasteiger partial charge in [-0.15, -0.1) is 0 Å². The van der Waals surface area contributed by atoms with Gasteiger partial charge < -0.3 is 15.4 Å². The van der Waals surface area contributed by atoms with Crippen LogP contribution < -0.4 is 15.4 Å². The Labute approximate surface area is 172 Å². The van der Waals surface area contributed by atoms with E-state index < -0.39 is 25.1 Å². The van der Waals surface area contributed by atoms with Gasteiger partial charge in [-0.1, -0.05) is 0 Å². The molecular formula is C21H23F3N4O2. The minimum atomic E-state index is -2.50. The summed E-state index contributed by atoms with van der Waals surface area (Å²) in [5, 5.41) is 0. The highest BCUT2D eigenvalue weighted by Crippen LogP contribution is 2.55. The van der Waals surface area contributed by atoms with Gasteiger partial charge in [0, 0.05) is 19.3 Å². The van der Waals surface area contributed by atoms with Crippen molar-refractivity contribution in [1.82, 2.24) is 9.97 Å². The smallest absolute Gasteiger partial charge is 0.271 e. The Kier molecular flexibility index (Phi) is 5.53. The van der Waals surface area contributed by atoms with Crippen molar-refractivity contribution in [3.05, 3.63) is 36.3 Å².